The Morgan fingerprint density at radius 3 is 1.85 bits per heavy atom. The summed E-state index contributed by atoms with van der Waals surface area (Å²) in [5, 5.41) is 0.969. The molecule has 1 aromatic carbocycles. The third-order valence-electron chi connectivity index (χ3n) is 2.18. The van der Waals surface area contributed by atoms with Crippen LogP contribution in [0.2, 0.25) is 0 Å². The number of hydrogen-bond donors (Lipinski definition) is 0. The summed E-state index contributed by atoms with van der Waals surface area (Å²) in [7, 11) is -2.07. The Labute approximate surface area is 80.5 Å². The molecule has 0 aliphatic rings. The third kappa shape index (κ3) is 2.70. The molecule has 2 heteroatoms. The molecular weight excluding hydrogens is 179 g/mol. The molecule has 0 aliphatic heterocycles. The van der Waals surface area contributed by atoms with E-state index in [2.05, 4.69) is 26.0 Å². The van der Waals surface area contributed by atoms with Gasteiger partial charge in [0, 0.05) is 5.30 Å². The third-order valence-corrected chi connectivity index (χ3v) is 3.72. The van der Waals surface area contributed by atoms with Gasteiger partial charge < -0.3 is 4.57 Å². The molecule has 0 saturated heterocycles. The highest BCUT2D eigenvalue weighted by Gasteiger charge is 2.10. The maximum absolute atomic E-state index is 11.7. The van der Waals surface area contributed by atoms with Crippen molar-refractivity contribution in [3.8, 4) is 0 Å². The topological polar surface area (TPSA) is 17.1 Å². The second-order valence-electron chi connectivity index (χ2n) is 4.10. The lowest BCUT2D eigenvalue weighted by atomic mass is 10.0. The normalized spacial score (nSPS) is 12.1. The van der Waals surface area contributed by atoms with Crippen LogP contribution in [0.15, 0.2) is 24.3 Å². The highest BCUT2D eigenvalue weighted by Crippen LogP contribution is 2.34. The highest BCUT2D eigenvalue weighted by molar-refractivity contribution is 7.70. The lowest BCUT2D eigenvalue weighted by Crippen LogP contribution is -2.02. The summed E-state index contributed by atoms with van der Waals surface area (Å²) < 4.78 is 11.7. The predicted octanol–water partition coefficient (Wildman–Crippen LogP) is 3.06. The van der Waals surface area contributed by atoms with Crippen LogP contribution in [-0.4, -0.2) is 13.3 Å². The molecule has 0 aliphatic carbocycles. The van der Waals surface area contributed by atoms with E-state index in [-0.39, 0.29) is 0 Å². The van der Waals surface area contributed by atoms with Crippen LogP contribution in [0.3, 0.4) is 0 Å². The minimum Gasteiger partial charge on any atom is -0.319 e. The van der Waals surface area contributed by atoms with E-state index in [4.69, 9.17) is 0 Å². The second kappa shape index (κ2) is 3.67. The van der Waals surface area contributed by atoms with Gasteiger partial charge >= 0.3 is 0 Å². The average Bonchev–Trinajstić information content (AvgIpc) is 2.03. The van der Waals surface area contributed by atoms with Crippen LogP contribution in [0.1, 0.15) is 25.3 Å². The number of benzene rings is 1. The Morgan fingerprint density at radius 2 is 1.54 bits per heavy atom. The van der Waals surface area contributed by atoms with E-state index in [1.54, 1.807) is 13.3 Å². The molecule has 0 fully saturated rings. The molecule has 1 aromatic rings. The predicted molar refractivity (Wildman–Crippen MR) is 59.6 cm³/mol. The van der Waals surface area contributed by atoms with E-state index >= 15 is 0 Å². The maximum atomic E-state index is 11.7. The van der Waals surface area contributed by atoms with Crippen LogP contribution in [0.5, 0.6) is 0 Å². The van der Waals surface area contributed by atoms with E-state index in [9.17, 15) is 4.57 Å². The summed E-state index contributed by atoms with van der Waals surface area (Å²) in [5.74, 6) is 0.544. The first-order valence-electron chi connectivity index (χ1n) is 4.57. The summed E-state index contributed by atoms with van der Waals surface area (Å²) in [6.45, 7) is 7.92. The van der Waals surface area contributed by atoms with E-state index in [1.807, 2.05) is 12.1 Å². The van der Waals surface area contributed by atoms with Gasteiger partial charge in [-0.05, 0) is 24.8 Å². The lowest BCUT2D eigenvalue weighted by Gasteiger charge is -2.09. The Bertz CT molecular complexity index is 318. The van der Waals surface area contributed by atoms with Gasteiger partial charge in [0.2, 0.25) is 0 Å². The molecule has 0 N–H and O–H groups in total. The van der Waals surface area contributed by atoms with Crippen molar-refractivity contribution in [1.82, 2.24) is 0 Å². The van der Waals surface area contributed by atoms with Crippen LogP contribution in [-0.2, 0) is 4.57 Å². The lowest BCUT2D eigenvalue weighted by molar-refractivity contribution is 0.588. The quantitative estimate of drug-likeness (QED) is 0.664. The molecule has 0 heterocycles. The Kier molecular flexibility index (Phi) is 2.98. The van der Waals surface area contributed by atoms with E-state index in [1.165, 1.54) is 5.56 Å². The number of hydrogen-bond acceptors (Lipinski definition) is 1. The Hall–Kier alpha value is -0.550. The molecule has 0 saturated carbocycles. The van der Waals surface area contributed by atoms with Crippen molar-refractivity contribution in [3.63, 3.8) is 0 Å². The summed E-state index contributed by atoms with van der Waals surface area (Å²) in [4.78, 5) is 0. The smallest absolute Gasteiger partial charge is 0.109 e. The molecule has 0 unspecified atom stereocenters. The molecular formula is C11H17OP. The zero-order valence-corrected chi connectivity index (χ0v) is 9.64. The molecule has 0 bridgehead atoms. The summed E-state index contributed by atoms with van der Waals surface area (Å²) >= 11 is 0. The fourth-order valence-electron chi connectivity index (χ4n) is 1.22. The second-order valence-corrected chi connectivity index (χ2v) is 7.32. The SMILES string of the molecule is CC(C)c1ccc(P(C)(C)=O)cc1. The van der Waals surface area contributed by atoms with Crippen LogP contribution >= 0.6 is 7.14 Å². The summed E-state index contributed by atoms with van der Waals surface area (Å²) in [6.07, 6.45) is 0. The van der Waals surface area contributed by atoms with Crippen LogP contribution in [0, 0.1) is 0 Å². The summed E-state index contributed by atoms with van der Waals surface area (Å²) in [6, 6.07) is 8.10. The van der Waals surface area contributed by atoms with Gasteiger partial charge in [-0.3, -0.25) is 0 Å². The van der Waals surface area contributed by atoms with Crippen molar-refractivity contribution < 1.29 is 4.57 Å². The van der Waals surface area contributed by atoms with Crippen molar-refractivity contribution in [2.75, 3.05) is 13.3 Å². The zero-order chi connectivity index (χ0) is 10.1. The minimum absolute atomic E-state index is 0.544. The average molecular weight is 196 g/mol. The molecule has 0 amide bonds. The van der Waals surface area contributed by atoms with E-state index in [0.717, 1.165) is 5.30 Å². The zero-order valence-electron chi connectivity index (χ0n) is 8.74. The monoisotopic (exact) mass is 196 g/mol. The highest BCUT2D eigenvalue weighted by atomic mass is 31.2. The largest absolute Gasteiger partial charge is 0.319 e. The van der Waals surface area contributed by atoms with E-state index < -0.39 is 7.14 Å². The standard InChI is InChI=1S/C11H17OP/c1-9(2)10-5-7-11(8-6-10)13(3,4)12/h5-9H,1-4H3. The van der Waals surface area contributed by atoms with Crippen molar-refractivity contribution in [2.24, 2.45) is 0 Å². The minimum atomic E-state index is -2.07. The molecule has 0 aromatic heterocycles. The van der Waals surface area contributed by atoms with Gasteiger partial charge in [-0.1, -0.05) is 38.1 Å². The fraction of sp³-hybridized carbons (Fsp3) is 0.455. The molecule has 72 valence electrons. The van der Waals surface area contributed by atoms with Gasteiger partial charge in [-0.15, -0.1) is 0 Å². The van der Waals surface area contributed by atoms with Gasteiger partial charge in [0.25, 0.3) is 0 Å². The molecule has 1 rings (SSSR count). The molecule has 1 nitrogen and oxygen atoms in total. The number of rotatable bonds is 2. The van der Waals surface area contributed by atoms with Crippen LogP contribution in [0.4, 0.5) is 0 Å². The van der Waals surface area contributed by atoms with Gasteiger partial charge in [-0.2, -0.15) is 0 Å². The first kappa shape index (κ1) is 10.5. The van der Waals surface area contributed by atoms with Crippen molar-refractivity contribution in [2.45, 2.75) is 19.8 Å². The van der Waals surface area contributed by atoms with Crippen molar-refractivity contribution in [3.05, 3.63) is 29.8 Å². The van der Waals surface area contributed by atoms with Crippen LogP contribution < -0.4 is 5.30 Å². The van der Waals surface area contributed by atoms with E-state index in [0.29, 0.717) is 5.92 Å². The van der Waals surface area contributed by atoms with Crippen molar-refractivity contribution in [1.29, 1.82) is 0 Å². The molecule has 13 heavy (non-hydrogen) atoms. The Morgan fingerprint density at radius 1 is 1.08 bits per heavy atom. The maximum Gasteiger partial charge on any atom is 0.109 e. The first-order chi connectivity index (χ1) is 5.91. The van der Waals surface area contributed by atoms with Gasteiger partial charge in [-0.25, -0.2) is 0 Å². The molecule has 0 spiro atoms. The summed E-state index contributed by atoms with van der Waals surface area (Å²) in [5.41, 5.74) is 1.30. The van der Waals surface area contributed by atoms with Crippen LogP contribution in [0.25, 0.3) is 0 Å². The van der Waals surface area contributed by atoms with Crippen molar-refractivity contribution >= 4 is 12.4 Å². The Balaban J connectivity index is 3.01. The van der Waals surface area contributed by atoms with Gasteiger partial charge in [0.15, 0.2) is 0 Å². The first-order valence-corrected chi connectivity index (χ1v) is 7.17. The van der Waals surface area contributed by atoms with Gasteiger partial charge in [0.1, 0.15) is 7.14 Å². The fourth-order valence-corrected chi connectivity index (χ4v) is 2.09. The van der Waals surface area contributed by atoms with Gasteiger partial charge in [0.05, 0.1) is 0 Å². The molecule has 0 atom stereocenters. The molecule has 0 radical (unpaired) electrons.